The Bertz CT molecular complexity index is 776. The fraction of sp³-hybridized carbons (Fsp3) is 0.385. The number of aromatic nitrogens is 4. The van der Waals surface area contributed by atoms with Crippen molar-refractivity contribution in [2.75, 3.05) is 13.1 Å². The number of carbonyl (C=O) groups excluding carboxylic acids is 1. The van der Waals surface area contributed by atoms with Gasteiger partial charge in [-0.3, -0.25) is 9.20 Å². The van der Waals surface area contributed by atoms with Crippen LogP contribution in [0, 0.1) is 6.92 Å². The molecule has 0 bridgehead atoms. The number of hydrogen-bond acceptors (Lipinski definition) is 6. The van der Waals surface area contributed by atoms with Gasteiger partial charge in [0, 0.05) is 30.9 Å². The molecular weight excluding hydrogens is 290 g/mol. The standard InChI is InChI=1S/C13H13N5O2S/c1-8-14-11(20-16-8)9-2-3-17(6-9)12(19)10-7-18-4-5-21-13(18)15-10/h4-5,7,9H,2-3,6H2,1H3. The van der Waals surface area contributed by atoms with E-state index in [1.807, 2.05) is 16.0 Å². The summed E-state index contributed by atoms with van der Waals surface area (Å²) in [7, 11) is 0. The van der Waals surface area contributed by atoms with Crippen LogP contribution in [0.15, 0.2) is 22.3 Å². The molecule has 0 aromatic carbocycles. The van der Waals surface area contributed by atoms with Crippen molar-refractivity contribution in [2.24, 2.45) is 0 Å². The first kappa shape index (κ1) is 12.5. The molecular formula is C13H13N5O2S. The smallest absolute Gasteiger partial charge is 0.274 e. The maximum atomic E-state index is 12.5. The lowest BCUT2D eigenvalue weighted by atomic mass is 10.1. The van der Waals surface area contributed by atoms with Gasteiger partial charge in [-0.15, -0.1) is 11.3 Å². The Balaban J connectivity index is 1.52. The van der Waals surface area contributed by atoms with Gasteiger partial charge >= 0.3 is 0 Å². The maximum absolute atomic E-state index is 12.5. The number of fused-ring (bicyclic) bond motifs is 1. The first-order chi connectivity index (χ1) is 10.2. The normalized spacial score (nSPS) is 18.7. The Kier molecular flexibility index (Phi) is 2.78. The molecule has 1 atom stereocenters. The van der Waals surface area contributed by atoms with Crippen LogP contribution in [0.1, 0.15) is 34.5 Å². The Morgan fingerprint density at radius 3 is 3.14 bits per heavy atom. The summed E-state index contributed by atoms with van der Waals surface area (Å²) in [5.41, 5.74) is 0.490. The molecule has 4 rings (SSSR count). The third-order valence-corrected chi connectivity index (χ3v) is 4.45. The van der Waals surface area contributed by atoms with Crippen molar-refractivity contribution in [1.29, 1.82) is 0 Å². The van der Waals surface area contributed by atoms with Crippen LogP contribution in [0.25, 0.3) is 4.96 Å². The number of carbonyl (C=O) groups is 1. The van der Waals surface area contributed by atoms with E-state index in [1.165, 1.54) is 11.3 Å². The van der Waals surface area contributed by atoms with E-state index >= 15 is 0 Å². The fourth-order valence-electron chi connectivity index (χ4n) is 2.62. The third kappa shape index (κ3) is 2.11. The van der Waals surface area contributed by atoms with Gasteiger partial charge in [0.25, 0.3) is 5.91 Å². The van der Waals surface area contributed by atoms with E-state index in [-0.39, 0.29) is 11.8 Å². The fourth-order valence-corrected chi connectivity index (χ4v) is 3.32. The molecule has 1 amide bonds. The van der Waals surface area contributed by atoms with Crippen molar-refractivity contribution in [2.45, 2.75) is 19.3 Å². The average Bonchev–Trinajstić information content (AvgIpc) is 3.20. The van der Waals surface area contributed by atoms with Gasteiger partial charge in [0.05, 0.1) is 5.92 Å². The van der Waals surface area contributed by atoms with Gasteiger partial charge in [-0.1, -0.05) is 5.16 Å². The zero-order chi connectivity index (χ0) is 14.4. The van der Waals surface area contributed by atoms with Crippen LogP contribution in [0.5, 0.6) is 0 Å². The van der Waals surface area contributed by atoms with Crippen LogP contribution >= 0.6 is 11.3 Å². The van der Waals surface area contributed by atoms with E-state index in [4.69, 9.17) is 4.52 Å². The number of thiazole rings is 1. The van der Waals surface area contributed by atoms with Crippen LogP contribution in [-0.4, -0.2) is 43.4 Å². The average molecular weight is 303 g/mol. The molecule has 0 spiro atoms. The minimum absolute atomic E-state index is 0.0374. The predicted molar refractivity (Wildman–Crippen MR) is 75.4 cm³/mol. The Hall–Kier alpha value is -2.22. The van der Waals surface area contributed by atoms with Gasteiger partial charge in [-0.05, 0) is 13.3 Å². The number of amides is 1. The summed E-state index contributed by atoms with van der Waals surface area (Å²) in [5, 5.41) is 5.75. The molecule has 1 aliphatic heterocycles. The van der Waals surface area contributed by atoms with Gasteiger partial charge in [-0.25, -0.2) is 4.98 Å². The summed E-state index contributed by atoms with van der Waals surface area (Å²) in [4.78, 5) is 23.7. The second-order valence-electron chi connectivity index (χ2n) is 5.14. The molecule has 8 heteroatoms. The highest BCUT2D eigenvalue weighted by atomic mass is 32.1. The number of aryl methyl sites for hydroxylation is 1. The van der Waals surface area contributed by atoms with E-state index in [0.29, 0.717) is 30.5 Å². The lowest BCUT2D eigenvalue weighted by molar-refractivity contribution is 0.0784. The molecule has 3 aromatic heterocycles. The summed E-state index contributed by atoms with van der Waals surface area (Å²) in [6, 6.07) is 0. The lowest BCUT2D eigenvalue weighted by Gasteiger charge is -2.13. The van der Waals surface area contributed by atoms with Crippen LogP contribution < -0.4 is 0 Å². The van der Waals surface area contributed by atoms with Crippen molar-refractivity contribution in [3.63, 3.8) is 0 Å². The van der Waals surface area contributed by atoms with Gasteiger partial charge in [-0.2, -0.15) is 4.98 Å². The number of likely N-dealkylation sites (tertiary alicyclic amines) is 1. The van der Waals surface area contributed by atoms with Crippen molar-refractivity contribution >= 4 is 22.2 Å². The van der Waals surface area contributed by atoms with Crippen LogP contribution in [0.4, 0.5) is 0 Å². The van der Waals surface area contributed by atoms with Gasteiger partial charge in [0.2, 0.25) is 5.89 Å². The molecule has 108 valence electrons. The summed E-state index contributed by atoms with van der Waals surface area (Å²) in [5.74, 6) is 1.33. The topological polar surface area (TPSA) is 76.5 Å². The first-order valence-corrected chi connectivity index (χ1v) is 7.60. The van der Waals surface area contributed by atoms with Crippen molar-refractivity contribution in [3.05, 3.63) is 35.2 Å². The highest BCUT2D eigenvalue weighted by Crippen LogP contribution is 2.27. The second kappa shape index (κ2) is 4.66. The van der Waals surface area contributed by atoms with E-state index in [9.17, 15) is 4.79 Å². The maximum Gasteiger partial charge on any atom is 0.274 e. The predicted octanol–water partition coefficient (Wildman–Crippen LogP) is 1.72. The van der Waals surface area contributed by atoms with Crippen LogP contribution in [-0.2, 0) is 0 Å². The molecule has 1 aliphatic rings. The lowest BCUT2D eigenvalue weighted by Crippen LogP contribution is -2.28. The van der Waals surface area contributed by atoms with Gasteiger partial charge in [0.15, 0.2) is 10.8 Å². The molecule has 4 heterocycles. The van der Waals surface area contributed by atoms with E-state index in [1.54, 1.807) is 18.0 Å². The number of hydrogen-bond donors (Lipinski definition) is 0. The largest absolute Gasteiger partial charge is 0.339 e. The van der Waals surface area contributed by atoms with Gasteiger partial charge < -0.3 is 9.42 Å². The molecule has 21 heavy (non-hydrogen) atoms. The number of rotatable bonds is 2. The molecule has 1 saturated heterocycles. The second-order valence-corrected chi connectivity index (χ2v) is 6.01. The molecule has 3 aromatic rings. The van der Waals surface area contributed by atoms with Crippen molar-refractivity contribution in [1.82, 2.24) is 24.4 Å². The first-order valence-electron chi connectivity index (χ1n) is 6.72. The van der Waals surface area contributed by atoms with Crippen LogP contribution in [0.2, 0.25) is 0 Å². The van der Waals surface area contributed by atoms with Crippen molar-refractivity contribution in [3.8, 4) is 0 Å². The summed E-state index contributed by atoms with van der Waals surface area (Å²) >= 11 is 1.52. The SMILES string of the molecule is Cc1noc(C2CCN(C(=O)c3cn4ccsc4n3)C2)n1. The molecule has 0 aliphatic carbocycles. The van der Waals surface area contributed by atoms with E-state index in [2.05, 4.69) is 15.1 Å². The molecule has 0 radical (unpaired) electrons. The number of nitrogens with zero attached hydrogens (tertiary/aromatic N) is 5. The minimum Gasteiger partial charge on any atom is -0.339 e. The summed E-state index contributed by atoms with van der Waals surface area (Å²) in [6.07, 6.45) is 4.52. The monoisotopic (exact) mass is 303 g/mol. The summed E-state index contributed by atoms with van der Waals surface area (Å²) < 4.78 is 7.07. The van der Waals surface area contributed by atoms with E-state index < -0.39 is 0 Å². The van der Waals surface area contributed by atoms with E-state index in [0.717, 1.165) is 11.4 Å². The summed E-state index contributed by atoms with van der Waals surface area (Å²) in [6.45, 7) is 3.09. The zero-order valence-corrected chi connectivity index (χ0v) is 12.2. The van der Waals surface area contributed by atoms with Crippen LogP contribution in [0.3, 0.4) is 0 Å². The molecule has 0 N–H and O–H groups in total. The Morgan fingerprint density at radius 1 is 1.48 bits per heavy atom. The third-order valence-electron chi connectivity index (χ3n) is 3.68. The zero-order valence-electron chi connectivity index (χ0n) is 11.4. The molecule has 0 saturated carbocycles. The highest BCUT2D eigenvalue weighted by Gasteiger charge is 2.32. The molecule has 7 nitrogen and oxygen atoms in total. The quantitative estimate of drug-likeness (QED) is 0.720. The minimum atomic E-state index is -0.0374. The van der Waals surface area contributed by atoms with Gasteiger partial charge in [0.1, 0.15) is 5.69 Å². The molecule has 1 unspecified atom stereocenters. The number of imidazole rings is 1. The molecule has 1 fully saturated rings. The highest BCUT2D eigenvalue weighted by molar-refractivity contribution is 7.15. The van der Waals surface area contributed by atoms with Crippen molar-refractivity contribution < 1.29 is 9.32 Å². The Labute approximate surface area is 124 Å². The Morgan fingerprint density at radius 2 is 2.38 bits per heavy atom.